The molecule has 0 saturated heterocycles. The lowest BCUT2D eigenvalue weighted by atomic mass is 10.1. The number of carbonyl (C=O) groups is 1. The summed E-state index contributed by atoms with van der Waals surface area (Å²) in [6, 6.07) is -0.886. The third-order valence-corrected chi connectivity index (χ3v) is 9.12. The molecular formula is C42H76N2O6P+. The van der Waals surface area contributed by atoms with E-state index in [2.05, 4.69) is 79.9 Å². The van der Waals surface area contributed by atoms with Gasteiger partial charge < -0.3 is 19.8 Å². The van der Waals surface area contributed by atoms with Crippen LogP contribution in [0.1, 0.15) is 136 Å². The van der Waals surface area contributed by atoms with Crippen LogP contribution in [0.3, 0.4) is 0 Å². The van der Waals surface area contributed by atoms with Crippen molar-refractivity contribution in [2.24, 2.45) is 0 Å². The average molecular weight is 736 g/mol. The van der Waals surface area contributed by atoms with Crippen LogP contribution >= 0.6 is 7.82 Å². The maximum atomic E-state index is 12.8. The number of phosphoric acid groups is 1. The van der Waals surface area contributed by atoms with E-state index in [1.165, 1.54) is 44.9 Å². The minimum absolute atomic E-state index is 0.0439. The number of unbranched alkanes of at least 4 members (excludes halogenated alkanes) is 11. The van der Waals surface area contributed by atoms with Crippen LogP contribution in [0.25, 0.3) is 0 Å². The molecule has 0 rings (SSSR count). The molecule has 0 spiro atoms. The van der Waals surface area contributed by atoms with E-state index >= 15 is 0 Å². The second kappa shape index (κ2) is 33.8. The molecule has 1 amide bonds. The van der Waals surface area contributed by atoms with Crippen LogP contribution in [0.2, 0.25) is 0 Å². The molecule has 51 heavy (non-hydrogen) atoms. The fourth-order valence-electron chi connectivity index (χ4n) is 4.97. The first-order valence-corrected chi connectivity index (χ1v) is 21.3. The lowest BCUT2D eigenvalue weighted by Gasteiger charge is -2.25. The predicted octanol–water partition coefficient (Wildman–Crippen LogP) is 10.5. The van der Waals surface area contributed by atoms with E-state index in [-0.39, 0.29) is 19.1 Å². The maximum Gasteiger partial charge on any atom is 0.472 e. The number of quaternary nitrogens is 1. The number of nitrogens with zero attached hydrogens (tertiary/aromatic N) is 1. The highest BCUT2D eigenvalue weighted by molar-refractivity contribution is 7.47. The Morgan fingerprint density at radius 1 is 0.686 bits per heavy atom. The molecule has 0 radical (unpaired) electrons. The maximum absolute atomic E-state index is 12.8. The van der Waals surface area contributed by atoms with Crippen LogP contribution in [-0.2, 0) is 18.4 Å². The van der Waals surface area contributed by atoms with Gasteiger partial charge in [-0.15, -0.1) is 0 Å². The summed E-state index contributed by atoms with van der Waals surface area (Å²) in [4.78, 5) is 23.0. The quantitative estimate of drug-likeness (QED) is 0.0263. The van der Waals surface area contributed by atoms with Gasteiger partial charge in [-0.2, -0.15) is 0 Å². The summed E-state index contributed by atoms with van der Waals surface area (Å²) in [5.74, 6) is -0.225. The van der Waals surface area contributed by atoms with Gasteiger partial charge in [-0.05, 0) is 77.0 Å². The number of nitrogens with one attached hydrogen (secondary N) is 1. The molecule has 294 valence electrons. The molecule has 0 fully saturated rings. The fraction of sp³-hybridized carbons (Fsp3) is 0.690. The summed E-state index contributed by atoms with van der Waals surface area (Å²) in [6.45, 7) is 4.60. The highest BCUT2D eigenvalue weighted by atomic mass is 31.2. The van der Waals surface area contributed by atoms with E-state index in [9.17, 15) is 19.4 Å². The third kappa shape index (κ3) is 36.1. The summed E-state index contributed by atoms with van der Waals surface area (Å²) >= 11 is 0. The van der Waals surface area contributed by atoms with E-state index < -0.39 is 20.0 Å². The molecule has 0 aromatic carbocycles. The van der Waals surface area contributed by atoms with Crippen LogP contribution in [0.5, 0.6) is 0 Å². The van der Waals surface area contributed by atoms with Crippen LogP contribution in [0, 0.1) is 0 Å². The second-order valence-electron chi connectivity index (χ2n) is 14.3. The van der Waals surface area contributed by atoms with Gasteiger partial charge in [0.15, 0.2) is 0 Å². The largest absolute Gasteiger partial charge is 0.472 e. The van der Waals surface area contributed by atoms with Crippen molar-refractivity contribution in [2.75, 3.05) is 40.9 Å². The van der Waals surface area contributed by atoms with Crippen molar-refractivity contribution in [3.8, 4) is 0 Å². The average Bonchev–Trinajstić information content (AvgIpc) is 3.07. The molecule has 9 heteroatoms. The number of aliphatic hydroxyl groups is 1. The van der Waals surface area contributed by atoms with Crippen molar-refractivity contribution >= 4 is 13.7 Å². The molecule has 3 unspecified atom stereocenters. The molecule has 0 heterocycles. The number of hydrogen-bond donors (Lipinski definition) is 3. The number of likely N-dealkylation sites (N-methyl/N-ethyl adjacent to an activating group) is 1. The highest BCUT2D eigenvalue weighted by Crippen LogP contribution is 2.43. The minimum Gasteiger partial charge on any atom is -0.387 e. The van der Waals surface area contributed by atoms with E-state index in [0.29, 0.717) is 17.4 Å². The van der Waals surface area contributed by atoms with Gasteiger partial charge in [-0.25, -0.2) is 4.57 Å². The summed E-state index contributed by atoms with van der Waals surface area (Å²) < 4.78 is 23.4. The molecule has 3 N–H and O–H groups in total. The van der Waals surface area contributed by atoms with Gasteiger partial charge in [0.1, 0.15) is 13.2 Å². The molecule has 0 saturated carbocycles. The first kappa shape index (κ1) is 48.9. The number of aliphatic hydroxyl groups excluding tert-OH is 1. The topological polar surface area (TPSA) is 105 Å². The first-order valence-electron chi connectivity index (χ1n) is 19.8. The Kier molecular flexibility index (Phi) is 32.4. The third-order valence-electron chi connectivity index (χ3n) is 8.14. The summed E-state index contributed by atoms with van der Waals surface area (Å²) in [5.41, 5.74) is 0. The number of carbonyl (C=O) groups excluding carboxylic acids is 1. The van der Waals surface area contributed by atoms with E-state index in [1.807, 2.05) is 27.2 Å². The van der Waals surface area contributed by atoms with Crippen molar-refractivity contribution in [3.63, 3.8) is 0 Å². The summed E-state index contributed by atoms with van der Waals surface area (Å²) in [7, 11) is 1.51. The Balaban J connectivity index is 4.67. The molecule has 0 aliphatic heterocycles. The van der Waals surface area contributed by atoms with Crippen molar-refractivity contribution in [3.05, 3.63) is 72.9 Å². The van der Waals surface area contributed by atoms with Crippen LogP contribution in [-0.4, -0.2) is 73.4 Å². The smallest absolute Gasteiger partial charge is 0.387 e. The Hall–Kier alpha value is -2.06. The van der Waals surface area contributed by atoms with Crippen LogP contribution in [0.15, 0.2) is 72.9 Å². The molecule has 0 bridgehead atoms. The lowest BCUT2D eigenvalue weighted by Crippen LogP contribution is -2.45. The zero-order chi connectivity index (χ0) is 37.9. The minimum atomic E-state index is -4.35. The summed E-state index contributed by atoms with van der Waals surface area (Å²) in [6.07, 6.45) is 44.0. The van der Waals surface area contributed by atoms with Gasteiger partial charge in [0.2, 0.25) is 5.91 Å². The van der Waals surface area contributed by atoms with E-state index in [0.717, 1.165) is 70.6 Å². The fourth-order valence-corrected chi connectivity index (χ4v) is 5.70. The molecular weight excluding hydrogens is 659 g/mol. The zero-order valence-electron chi connectivity index (χ0n) is 33.1. The van der Waals surface area contributed by atoms with Crippen molar-refractivity contribution in [1.82, 2.24) is 5.32 Å². The van der Waals surface area contributed by atoms with Gasteiger partial charge in [-0.1, -0.05) is 125 Å². The molecule has 8 nitrogen and oxygen atoms in total. The van der Waals surface area contributed by atoms with Gasteiger partial charge in [0.05, 0.1) is 39.9 Å². The normalized spacial score (nSPS) is 15.4. The van der Waals surface area contributed by atoms with Crippen molar-refractivity contribution in [1.29, 1.82) is 0 Å². The van der Waals surface area contributed by atoms with E-state index in [1.54, 1.807) is 6.08 Å². The zero-order valence-corrected chi connectivity index (χ0v) is 34.0. The molecule has 0 aliphatic carbocycles. The monoisotopic (exact) mass is 736 g/mol. The number of allylic oxidation sites excluding steroid dienone is 11. The van der Waals surface area contributed by atoms with Crippen molar-refractivity contribution < 1.29 is 32.9 Å². The predicted molar refractivity (Wildman–Crippen MR) is 216 cm³/mol. The second-order valence-corrected chi connectivity index (χ2v) is 15.7. The van der Waals surface area contributed by atoms with Gasteiger partial charge in [-0.3, -0.25) is 13.8 Å². The molecule has 0 aliphatic rings. The SMILES string of the molecule is CC/C=C\C/C=C\C/C=C\CCCCCC(=O)NC(COP(=O)(O)OCC[N+](C)(C)C)C(O)/C=C/CC/C=C/CC/C=C/CCCCCCCC. The Morgan fingerprint density at radius 3 is 1.80 bits per heavy atom. The Bertz CT molecular complexity index is 1060. The van der Waals surface area contributed by atoms with Crippen LogP contribution in [0.4, 0.5) is 0 Å². The number of rotatable bonds is 34. The molecule has 0 aromatic rings. The number of phosphoric ester groups is 1. The van der Waals surface area contributed by atoms with Gasteiger partial charge in [0, 0.05) is 6.42 Å². The Morgan fingerprint density at radius 2 is 1.20 bits per heavy atom. The van der Waals surface area contributed by atoms with E-state index in [4.69, 9.17) is 9.05 Å². The van der Waals surface area contributed by atoms with Crippen LogP contribution < -0.4 is 5.32 Å². The standard InChI is InChI=1S/C42H75N2O6P/c1-6-8-10-12-14-16-18-20-21-22-24-25-27-29-31-33-35-41(45)40(39-50-51(47,48)49-38-37-44(3,4)5)43-42(46)36-34-32-30-28-26-23-19-17-15-13-11-9-7-2/h9,11,15,17,20-21,23,25-27,33,35,40-41,45H,6-8,10,12-14,16,18-19,22,24,28-32,34,36-39H2,1-5H3,(H-,43,46,47,48)/p+1/b11-9-,17-15-,21-20+,26-23-,27-25+,35-33+. The van der Waals surface area contributed by atoms with Gasteiger partial charge in [0.25, 0.3) is 0 Å². The van der Waals surface area contributed by atoms with Gasteiger partial charge >= 0.3 is 7.82 Å². The molecule has 3 atom stereocenters. The van der Waals surface area contributed by atoms with Crippen molar-refractivity contribution in [2.45, 2.75) is 148 Å². The number of amides is 1. The lowest BCUT2D eigenvalue weighted by molar-refractivity contribution is -0.870. The summed E-state index contributed by atoms with van der Waals surface area (Å²) in [5, 5.41) is 13.7. The molecule has 0 aromatic heterocycles. The Labute approximate surface area is 313 Å². The number of hydrogen-bond acceptors (Lipinski definition) is 5. The first-order chi connectivity index (χ1) is 24.5. The highest BCUT2D eigenvalue weighted by Gasteiger charge is 2.27.